The predicted molar refractivity (Wildman–Crippen MR) is 91.8 cm³/mol. The predicted octanol–water partition coefficient (Wildman–Crippen LogP) is 4.81. The van der Waals surface area contributed by atoms with Crippen molar-refractivity contribution in [2.24, 2.45) is 5.41 Å². The minimum absolute atomic E-state index is 0.0123. The van der Waals surface area contributed by atoms with Crippen molar-refractivity contribution in [3.8, 4) is 0 Å². The van der Waals surface area contributed by atoms with Crippen LogP contribution in [0.5, 0.6) is 0 Å². The van der Waals surface area contributed by atoms with E-state index < -0.39 is 7.14 Å². The summed E-state index contributed by atoms with van der Waals surface area (Å²) in [6.07, 6.45) is 0.672. The van der Waals surface area contributed by atoms with Crippen LogP contribution < -0.4 is 10.6 Å². The van der Waals surface area contributed by atoms with Crippen LogP contribution in [0.2, 0.25) is 0 Å². The molecule has 0 N–H and O–H groups in total. The molecule has 0 aromatic heterocycles. The Morgan fingerprint density at radius 1 is 0.900 bits per heavy atom. The lowest BCUT2D eigenvalue weighted by atomic mass is 10.0. The van der Waals surface area contributed by atoms with Crippen LogP contribution in [0.25, 0.3) is 0 Å². The van der Waals surface area contributed by atoms with Gasteiger partial charge in [-0.1, -0.05) is 79.2 Å². The van der Waals surface area contributed by atoms with E-state index in [0.717, 1.165) is 15.1 Å². The Labute approximate surface area is 129 Å². The van der Waals surface area contributed by atoms with Gasteiger partial charge in [-0.2, -0.15) is 0 Å². The third kappa shape index (κ3) is 3.62. The SMILES string of the molecule is CC(C)(C)C[P@](=O)(c1ccccc1)c1ccc(Br)cc1. The van der Waals surface area contributed by atoms with Crippen LogP contribution in [-0.2, 0) is 4.57 Å². The van der Waals surface area contributed by atoms with E-state index in [1.54, 1.807) is 0 Å². The zero-order valence-corrected chi connectivity index (χ0v) is 14.6. The fourth-order valence-corrected chi connectivity index (χ4v) is 5.90. The number of halogens is 1. The highest BCUT2D eigenvalue weighted by atomic mass is 79.9. The molecule has 2 aromatic carbocycles. The van der Waals surface area contributed by atoms with Gasteiger partial charge in [-0.25, -0.2) is 0 Å². The molecule has 0 saturated carbocycles. The molecule has 0 heterocycles. The smallest absolute Gasteiger partial charge is 0.143 e. The Morgan fingerprint density at radius 2 is 1.40 bits per heavy atom. The molecular weight excluding hydrogens is 331 g/mol. The second kappa shape index (κ2) is 5.87. The summed E-state index contributed by atoms with van der Waals surface area (Å²) in [6.45, 7) is 6.42. The maximum absolute atomic E-state index is 13.7. The molecule has 0 unspecified atom stereocenters. The Bertz CT molecular complexity index is 612. The second-order valence-corrected chi connectivity index (χ2v) is 10.0. The molecule has 0 aliphatic heterocycles. The van der Waals surface area contributed by atoms with E-state index in [1.165, 1.54) is 0 Å². The molecule has 0 radical (unpaired) electrons. The molecule has 3 heteroatoms. The summed E-state index contributed by atoms with van der Waals surface area (Å²) in [5.41, 5.74) is 0.0123. The third-order valence-electron chi connectivity index (χ3n) is 3.11. The van der Waals surface area contributed by atoms with Crippen molar-refractivity contribution in [1.29, 1.82) is 0 Å². The lowest BCUT2D eigenvalue weighted by molar-refractivity contribution is 0.466. The molecule has 0 amide bonds. The van der Waals surface area contributed by atoms with Crippen molar-refractivity contribution >= 4 is 33.7 Å². The maximum Gasteiger partial charge on any atom is 0.143 e. The number of hydrogen-bond acceptors (Lipinski definition) is 1. The molecule has 20 heavy (non-hydrogen) atoms. The molecular formula is C17H20BrOP. The minimum Gasteiger partial charge on any atom is -0.314 e. The Morgan fingerprint density at radius 3 is 1.90 bits per heavy atom. The molecule has 0 spiro atoms. The Kier molecular flexibility index (Phi) is 4.56. The summed E-state index contributed by atoms with van der Waals surface area (Å²) >= 11 is 3.44. The zero-order valence-electron chi connectivity index (χ0n) is 12.1. The van der Waals surface area contributed by atoms with Crippen LogP contribution in [-0.4, -0.2) is 6.16 Å². The van der Waals surface area contributed by atoms with Gasteiger partial charge in [0.25, 0.3) is 0 Å². The quantitative estimate of drug-likeness (QED) is 0.726. The monoisotopic (exact) mass is 350 g/mol. The van der Waals surface area contributed by atoms with E-state index in [1.807, 2.05) is 54.6 Å². The molecule has 106 valence electrons. The van der Waals surface area contributed by atoms with Crippen LogP contribution in [0.1, 0.15) is 20.8 Å². The van der Waals surface area contributed by atoms with Gasteiger partial charge in [-0.15, -0.1) is 0 Å². The van der Waals surface area contributed by atoms with Gasteiger partial charge in [0.2, 0.25) is 0 Å². The number of benzene rings is 2. The fraction of sp³-hybridized carbons (Fsp3) is 0.294. The van der Waals surface area contributed by atoms with Crippen molar-refractivity contribution in [1.82, 2.24) is 0 Å². The van der Waals surface area contributed by atoms with E-state index in [9.17, 15) is 4.57 Å². The minimum atomic E-state index is -2.59. The first kappa shape index (κ1) is 15.5. The van der Waals surface area contributed by atoms with Crippen molar-refractivity contribution < 1.29 is 4.57 Å². The van der Waals surface area contributed by atoms with E-state index in [2.05, 4.69) is 36.7 Å². The molecule has 0 saturated heterocycles. The van der Waals surface area contributed by atoms with E-state index in [4.69, 9.17) is 0 Å². The molecule has 0 aliphatic carbocycles. The summed E-state index contributed by atoms with van der Waals surface area (Å²) in [7, 11) is -2.59. The molecule has 2 aromatic rings. The summed E-state index contributed by atoms with van der Waals surface area (Å²) in [6, 6.07) is 17.7. The lowest BCUT2D eigenvalue weighted by Gasteiger charge is -2.27. The van der Waals surface area contributed by atoms with E-state index >= 15 is 0 Å². The molecule has 1 nitrogen and oxygen atoms in total. The highest BCUT2D eigenvalue weighted by Crippen LogP contribution is 2.48. The standard InChI is InChI=1S/C17H20BrOP/c1-17(2,3)13-20(19,15-7-5-4-6-8-15)16-11-9-14(18)10-12-16/h4-12H,13H2,1-3H3/t20-/m0/s1. The van der Waals surface area contributed by atoms with Gasteiger partial charge in [0.15, 0.2) is 0 Å². The van der Waals surface area contributed by atoms with Gasteiger partial charge in [-0.05, 0) is 17.5 Å². The summed E-state index contributed by atoms with van der Waals surface area (Å²) < 4.78 is 14.7. The van der Waals surface area contributed by atoms with E-state index in [-0.39, 0.29) is 5.41 Å². The van der Waals surface area contributed by atoms with E-state index in [0.29, 0.717) is 6.16 Å². The molecule has 2 rings (SSSR count). The molecule has 0 bridgehead atoms. The number of hydrogen-bond donors (Lipinski definition) is 0. The normalized spacial score (nSPS) is 14.8. The van der Waals surface area contributed by atoms with Crippen LogP contribution in [0, 0.1) is 5.41 Å². The summed E-state index contributed by atoms with van der Waals surface area (Å²) in [5.74, 6) is 0. The average molecular weight is 351 g/mol. The van der Waals surface area contributed by atoms with Crippen LogP contribution in [0.4, 0.5) is 0 Å². The maximum atomic E-state index is 13.7. The number of rotatable bonds is 3. The van der Waals surface area contributed by atoms with Crippen molar-refractivity contribution in [3.05, 3.63) is 59.1 Å². The zero-order chi connectivity index (χ0) is 14.8. The van der Waals surface area contributed by atoms with Gasteiger partial charge < -0.3 is 4.57 Å². The summed E-state index contributed by atoms with van der Waals surface area (Å²) in [5, 5.41) is 1.87. The molecule has 0 fully saturated rings. The van der Waals surface area contributed by atoms with Crippen molar-refractivity contribution in [2.45, 2.75) is 20.8 Å². The Hall–Kier alpha value is -0.850. The van der Waals surface area contributed by atoms with Crippen LogP contribution in [0.3, 0.4) is 0 Å². The summed E-state index contributed by atoms with van der Waals surface area (Å²) in [4.78, 5) is 0. The fourth-order valence-electron chi connectivity index (χ4n) is 2.35. The van der Waals surface area contributed by atoms with Gasteiger partial charge in [0, 0.05) is 21.2 Å². The first-order valence-corrected chi connectivity index (χ1v) is 9.41. The highest BCUT2D eigenvalue weighted by molar-refractivity contribution is 9.10. The second-order valence-electron chi connectivity index (χ2n) is 6.27. The third-order valence-corrected chi connectivity index (χ3v) is 7.30. The largest absolute Gasteiger partial charge is 0.314 e. The van der Waals surface area contributed by atoms with Crippen LogP contribution >= 0.6 is 23.1 Å². The van der Waals surface area contributed by atoms with Gasteiger partial charge in [0.05, 0.1) is 0 Å². The van der Waals surface area contributed by atoms with Crippen molar-refractivity contribution in [3.63, 3.8) is 0 Å². The lowest BCUT2D eigenvalue weighted by Crippen LogP contribution is -2.25. The topological polar surface area (TPSA) is 17.1 Å². The Balaban J connectivity index is 2.55. The van der Waals surface area contributed by atoms with Crippen molar-refractivity contribution in [2.75, 3.05) is 6.16 Å². The first-order valence-electron chi connectivity index (χ1n) is 6.72. The molecule has 0 aliphatic rings. The van der Waals surface area contributed by atoms with Crippen LogP contribution in [0.15, 0.2) is 59.1 Å². The highest BCUT2D eigenvalue weighted by Gasteiger charge is 2.32. The molecule has 1 atom stereocenters. The first-order chi connectivity index (χ1) is 9.31. The average Bonchev–Trinajstić information content (AvgIpc) is 2.38. The van der Waals surface area contributed by atoms with Gasteiger partial charge in [0.1, 0.15) is 7.14 Å². The van der Waals surface area contributed by atoms with Gasteiger partial charge in [-0.3, -0.25) is 0 Å². The van der Waals surface area contributed by atoms with Gasteiger partial charge >= 0.3 is 0 Å².